The molecule has 2 aromatic rings. The summed E-state index contributed by atoms with van der Waals surface area (Å²) in [6.07, 6.45) is 0. The van der Waals surface area contributed by atoms with Crippen LogP contribution in [0.4, 0.5) is 0 Å². The van der Waals surface area contributed by atoms with Crippen molar-refractivity contribution in [3.8, 4) is 0 Å². The molecule has 6 heteroatoms. The summed E-state index contributed by atoms with van der Waals surface area (Å²) in [6.45, 7) is 2.14. The number of fused-ring (bicyclic) bond motifs is 1. The molecule has 0 saturated carbocycles. The molecule has 18 heavy (non-hydrogen) atoms. The quantitative estimate of drug-likeness (QED) is 0.842. The Kier molecular flexibility index (Phi) is 2.56. The number of carboxylic acids is 1. The fourth-order valence-electron chi connectivity index (χ4n) is 2.26. The number of hydrogen-bond donors (Lipinski definition) is 2. The van der Waals surface area contributed by atoms with Crippen LogP contribution >= 0.6 is 0 Å². The van der Waals surface area contributed by atoms with Crippen molar-refractivity contribution >= 4 is 5.97 Å². The molecule has 2 N–H and O–H groups in total. The van der Waals surface area contributed by atoms with Crippen LogP contribution in [-0.4, -0.2) is 31.4 Å². The van der Waals surface area contributed by atoms with E-state index in [1.807, 2.05) is 12.1 Å². The molecule has 0 unspecified atom stereocenters. The topological polar surface area (TPSA) is 82.1 Å². The lowest BCUT2D eigenvalue weighted by Gasteiger charge is -2.12. The molecule has 0 spiro atoms. The molecule has 0 bridgehead atoms. The van der Waals surface area contributed by atoms with E-state index in [1.54, 1.807) is 0 Å². The third-order valence-corrected chi connectivity index (χ3v) is 3.10. The van der Waals surface area contributed by atoms with Gasteiger partial charge in [0, 0.05) is 19.6 Å². The zero-order valence-corrected chi connectivity index (χ0v) is 9.63. The van der Waals surface area contributed by atoms with Crippen LogP contribution in [0.2, 0.25) is 0 Å². The number of hydrogen-bond acceptors (Lipinski definition) is 4. The fraction of sp³-hybridized carbons (Fsp3) is 0.250. The number of H-pyrrole nitrogens is 1. The highest BCUT2D eigenvalue weighted by Gasteiger charge is 2.22. The Hall–Kier alpha value is -2.21. The van der Waals surface area contributed by atoms with Gasteiger partial charge in [-0.3, -0.25) is 4.90 Å². The molecule has 3 rings (SSSR count). The number of aromatic carboxylic acids is 1. The van der Waals surface area contributed by atoms with Gasteiger partial charge >= 0.3 is 5.97 Å². The summed E-state index contributed by atoms with van der Waals surface area (Å²) in [6, 6.07) is 8.22. The first kappa shape index (κ1) is 10.9. The maximum Gasteiger partial charge on any atom is 0.358 e. The summed E-state index contributed by atoms with van der Waals surface area (Å²) < 4.78 is 0. The molecule has 0 atom stereocenters. The van der Waals surface area contributed by atoms with Crippen molar-refractivity contribution in [3.63, 3.8) is 0 Å². The Bertz CT molecular complexity index is 568. The highest BCUT2D eigenvalue weighted by atomic mass is 16.4. The molecule has 2 heterocycles. The maximum absolute atomic E-state index is 10.9. The second-order valence-electron chi connectivity index (χ2n) is 4.34. The molecular formula is C12H12N4O2. The summed E-state index contributed by atoms with van der Waals surface area (Å²) in [5.41, 5.74) is 3.07. The summed E-state index contributed by atoms with van der Waals surface area (Å²) in [7, 11) is 0. The lowest BCUT2D eigenvalue weighted by molar-refractivity contribution is 0.0688. The Balaban J connectivity index is 1.76. The van der Waals surface area contributed by atoms with Gasteiger partial charge in [0.05, 0.1) is 0 Å². The molecular weight excluding hydrogens is 232 g/mol. The van der Waals surface area contributed by atoms with Crippen molar-refractivity contribution in [3.05, 3.63) is 46.8 Å². The van der Waals surface area contributed by atoms with Gasteiger partial charge in [-0.1, -0.05) is 24.3 Å². The number of carbonyl (C=O) groups is 1. The molecule has 1 aromatic carbocycles. The first-order chi connectivity index (χ1) is 8.74. The van der Waals surface area contributed by atoms with Gasteiger partial charge in [-0.05, 0) is 11.1 Å². The standard InChI is InChI=1S/C12H12N4O2/c17-12(18)11-10(13-15-14-11)7-16-5-8-3-1-2-4-9(8)6-16/h1-4H,5-7H2,(H,17,18)(H,13,14,15). The Morgan fingerprint density at radius 1 is 1.28 bits per heavy atom. The summed E-state index contributed by atoms with van der Waals surface area (Å²) in [4.78, 5) is 13.1. The normalized spacial score (nSPS) is 14.7. The van der Waals surface area contributed by atoms with Crippen molar-refractivity contribution in [2.45, 2.75) is 19.6 Å². The van der Waals surface area contributed by atoms with E-state index in [0.717, 1.165) is 13.1 Å². The smallest absolute Gasteiger partial charge is 0.358 e. The number of carboxylic acid groups (broad SMARTS) is 1. The van der Waals surface area contributed by atoms with E-state index in [0.29, 0.717) is 12.2 Å². The summed E-state index contributed by atoms with van der Waals surface area (Å²) in [5.74, 6) is -1.05. The minimum absolute atomic E-state index is 0.00551. The molecule has 0 fully saturated rings. The van der Waals surface area contributed by atoms with Crippen LogP contribution in [0.5, 0.6) is 0 Å². The van der Waals surface area contributed by atoms with Gasteiger partial charge in [0.2, 0.25) is 0 Å². The second-order valence-corrected chi connectivity index (χ2v) is 4.34. The largest absolute Gasteiger partial charge is 0.476 e. The van der Waals surface area contributed by atoms with E-state index in [2.05, 4.69) is 32.4 Å². The lowest BCUT2D eigenvalue weighted by Crippen LogP contribution is -2.18. The molecule has 6 nitrogen and oxygen atoms in total. The zero-order chi connectivity index (χ0) is 12.5. The minimum Gasteiger partial charge on any atom is -0.476 e. The van der Waals surface area contributed by atoms with Gasteiger partial charge < -0.3 is 5.11 Å². The van der Waals surface area contributed by atoms with Gasteiger partial charge in [0.25, 0.3) is 0 Å². The SMILES string of the molecule is O=C(O)c1n[nH]nc1CN1Cc2ccccc2C1. The molecule has 0 aliphatic carbocycles. The Morgan fingerprint density at radius 3 is 2.56 bits per heavy atom. The van der Waals surface area contributed by atoms with E-state index >= 15 is 0 Å². The zero-order valence-electron chi connectivity index (χ0n) is 9.63. The van der Waals surface area contributed by atoms with Crippen LogP contribution in [0.15, 0.2) is 24.3 Å². The highest BCUT2D eigenvalue weighted by Crippen LogP contribution is 2.23. The molecule has 1 aliphatic rings. The van der Waals surface area contributed by atoms with E-state index in [1.165, 1.54) is 11.1 Å². The van der Waals surface area contributed by atoms with E-state index in [4.69, 9.17) is 5.11 Å². The lowest BCUT2D eigenvalue weighted by atomic mass is 10.1. The number of rotatable bonds is 3. The third-order valence-electron chi connectivity index (χ3n) is 3.10. The van der Waals surface area contributed by atoms with Crippen molar-refractivity contribution < 1.29 is 9.90 Å². The average molecular weight is 244 g/mol. The first-order valence-corrected chi connectivity index (χ1v) is 5.66. The summed E-state index contributed by atoms with van der Waals surface area (Å²) in [5, 5.41) is 18.9. The van der Waals surface area contributed by atoms with Crippen molar-refractivity contribution in [2.75, 3.05) is 0 Å². The molecule has 0 radical (unpaired) electrons. The number of aromatic amines is 1. The number of benzene rings is 1. The molecule has 0 amide bonds. The van der Waals surface area contributed by atoms with Crippen LogP contribution in [0.25, 0.3) is 0 Å². The first-order valence-electron chi connectivity index (χ1n) is 5.66. The molecule has 0 saturated heterocycles. The van der Waals surface area contributed by atoms with E-state index in [9.17, 15) is 4.79 Å². The third kappa shape index (κ3) is 1.86. The number of nitrogens with zero attached hydrogens (tertiary/aromatic N) is 3. The van der Waals surface area contributed by atoms with Gasteiger partial charge in [-0.15, -0.1) is 5.10 Å². The Morgan fingerprint density at radius 2 is 1.94 bits per heavy atom. The average Bonchev–Trinajstić information content (AvgIpc) is 2.94. The van der Waals surface area contributed by atoms with Crippen LogP contribution in [-0.2, 0) is 19.6 Å². The van der Waals surface area contributed by atoms with Crippen LogP contribution in [0, 0.1) is 0 Å². The monoisotopic (exact) mass is 244 g/mol. The van der Waals surface area contributed by atoms with E-state index < -0.39 is 5.97 Å². The van der Waals surface area contributed by atoms with Crippen LogP contribution in [0.1, 0.15) is 27.3 Å². The second kappa shape index (κ2) is 4.23. The van der Waals surface area contributed by atoms with Gasteiger partial charge in [-0.2, -0.15) is 10.3 Å². The number of nitrogens with one attached hydrogen (secondary N) is 1. The van der Waals surface area contributed by atoms with Crippen LogP contribution < -0.4 is 0 Å². The van der Waals surface area contributed by atoms with Crippen molar-refractivity contribution in [1.82, 2.24) is 20.3 Å². The molecule has 92 valence electrons. The Labute approximate surface area is 103 Å². The molecule has 1 aromatic heterocycles. The van der Waals surface area contributed by atoms with Crippen molar-refractivity contribution in [1.29, 1.82) is 0 Å². The van der Waals surface area contributed by atoms with E-state index in [-0.39, 0.29) is 5.69 Å². The molecule has 1 aliphatic heterocycles. The minimum atomic E-state index is -1.05. The summed E-state index contributed by atoms with van der Waals surface area (Å²) >= 11 is 0. The fourth-order valence-corrected chi connectivity index (χ4v) is 2.26. The van der Waals surface area contributed by atoms with Gasteiger partial charge in [0.1, 0.15) is 5.69 Å². The predicted molar refractivity (Wildman–Crippen MR) is 62.7 cm³/mol. The highest BCUT2D eigenvalue weighted by molar-refractivity contribution is 5.86. The number of aromatic nitrogens is 3. The van der Waals surface area contributed by atoms with Gasteiger partial charge in [-0.25, -0.2) is 4.79 Å². The predicted octanol–water partition coefficient (Wildman–Crippen LogP) is 1.02. The van der Waals surface area contributed by atoms with Crippen LogP contribution in [0.3, 0.4) is 0 Å². The van der Waals surface area contributed by atoms with Crippen molar-refractivity contribution in [2.24, 2.45) is 0 Å². The van der Waals surface area contributed by atoms with Gasteiger partial charge in [0.15, 0.2) is 5.69 Å². The maximum atomic E-state index is 10.9.